The van der Waals surface area contributed by atoms with Gasteiger partial charge < -0.3 is 42.0 Å². The lowest BCUT2D eigenvalue weighted by Gasteiger charge is -2.26. The lowest BCUT2D eigenvalue weighted by atomic mass is 10.0. The van der Waals surface area contributed by atoms with Gasteiger partial charge in [-0.05, 0) is 18.6 Å². The van der Waals surface area contributed by atoms with Gasteiger partial charge >= 0.3 is 11.9 Å². The SMILES string of the molecule is CC(O)C(NC(=O)C(CS)NC(=O)C(N)CC(=O)O)C(=O)NC(Cc1c[nH]c2ccccc12)C(=O)O. The molecule has 2 rings (SSSR count). The fourth-order valence-corrected chi connectivity index (χ4v) is 3.65. The van der Waals surface area contributed by atoms with Gasteiger partial charge in [-0.2, -0.15) is 12.6 Å². The van der Waals surface area contributed by atoms with E-state index in [2.05, 4.69) is 33.6 Å². The van der Waals surface area contributed by atoms with E-state index >= 15 is 0 Å². The van der Waals surface area contributed by atoms with Crippen molar-refractivity contribution in [3.63, 3.8) is 0 Å². The van der Waals surface area contributed by atoms with Crippen LogP contribution in [0.5, 0.6) is 0 Å². The van der Waals surface area contributed by atoms with Gasteiger partial charge in [0.15, 0.2) is 0 Å². The molecule has 36 heavy (non-hydrogen) atoms. The van der Waals surface area contributed by atoms with Crippen molar-refractivity contribution in [2.45, 2.75) is 50.0 Å². The van der Waals surface area contributed by atoms with E-state index in [4.69, 9.17) is 10.8 Å². The summed E-state index contributed by atoms with van der Waals surface area (Å²) in [6, 6.07) is 1.56. The summed E-state index contributed by atoms with van der Waals surface area (Å²) in [5.74, 6) is -5.66. The summed E-state index contributed by atoms with van der Waals surface area (Å²) in [4.78, 5) is 63.1. The maximum absolute atomic E-state index is 12.8. The molecule has 9 N–H and O–H groups in total. The summed E-state index contributed by atoms with van der Waals surface area (Å²) in [7, 11) is 0. The number of aliphatic carboxylic acids is 2. The number of aliphatic hydroxyl groups is 1. The highest BCUT2D eigenvalue weighted by molar-refractivity contribution is 7.80. The smallest absolute Gasteiger partial charge is 0.326 e. The molecule has 0 aliphatic carbocycles. The molecule has 0 spiro atoms. The van der Waals surface area contributed by atoms with Gasteiger partial charge in [0, 0.05) is 29.3 Å². The molecule has 0 fully saturated rings. The van der Waals surface area contributed by atoms with Crippen LogP contribution < -0.4 is 21.7 Å². The minimum atomic E-state index is -1.56. The molecule has 0 radical (unpaired) electrons. The summed E-state index contributed by atoms with van der Waals surface area (Å²) in [6.07, 6.45) is -0.529. The molecule has 2 aromatic rings. The second-order valence-corrected chi connectivity index (χ2v) is 8.50. The van der Waals surface area contributed by atoms with E-state index in [0.29, 0.717) is 5.56 Å². The van der Waals surface area contributed by atoms with Gasteiger partial charge in [-0.15, -0.1) is 0 Å². The zero-order valence-electron chi connectivity index (χ0n) is 19.3. The quantitative estimate of drug-likeness (QED) is 0.137. The Hall–Kier alpha value is -3.62. The Kier molecular flexibility index (Phi) is 10.3. The van der Waals surface area contributed by atoms with Crippen molar-refractivity contribution < 1.29 is 39.3 Å². The number of nitrogens with two attached hydrogens (primary N) is 1. The largest absolute Gasteiger partial charge is 0.481 e. The Morgan fingerprint density at radius 2 is 1.64 bits per heavy atom. The number of H-pyrrole nitrogens is 1. The van der Waals surface area contributed by atoms with E-state index in [9.17, 15) is 34.2 Å². The number of carboxylic acid groups (broad SMARTS) is 2. The Labute approximate surface area is 211 Å². The van der Waals surface area contributed by atoms with E-state index in [0.717, 1.165) is 10.9 Å². The Morgan fingerprint density at radius 1 is 1.00 bits per heavy atom. The van der Waals surface area contributed by atoms with Gasteiger partial charge in [-0.3, -0.25) is 19.2 Å². The normalized spacial score (nSPS) is 15.2. The van der Waals surface area contributed by atoms with Crippen molar-refractivity contribution in [1.82, 2.24) is 20.9 Å². The van der Waals surface area contributed by atoms with Crippen molar-refractivity contribution >= 4 is 53.2 Å². The van der Waals surface area contributed by atoms with E-state index in [-0.39, 0.29) is 12.2 Å². The Bertz CT molecular complexity index is 1120. The van der Waals surface area contributed by atoms with E-state index in [1.807, 2.05) is 12.1 Å². The molecule has 5 unspecified atom stereocenters. The molecule has 1 heterocycles. The second-order valence-electron chi connectivity index (χ2n) is 8.14. The number of aromatic nitrogens is 1. The first-order chi connectivity index (χ1) is 16.9. The van der Waals surface area contributed by atoms with Crippen molar-refractivity contribution in [2.24, 2.45) is 5.73 Å². The average molecular weight is 524 g/mol. The third-order valence-corrected chi connectivity index (χ3v) is 5.69. The maximum Gasteiger partial charge on any atom is 0.326 e. The number of hydrogen-bond acceptors (Lipinski definition) is 8. The van der Waals surface area contributed by atoms with Crippen molar-refractivity contribution in [2.75, 3.05) is 5.75 Å². The number of rotatable bonds is 13. The van der Waals surface area contributed by atoms with Crippen LogP contribution in [0.4, 0.5) is 0 Å². The highest BCUT2D eigenvalue weighted by Crippen LogP contribution is 2.19. The molecule has 13 nitrogen and oxygen atoms in total. The first-order valence-corrected chi connectivity index (χ1v) is 11.5. The molecule has 0 saturated carbocycles. The molecule has 0 bridgehead atoms. The molecular weight excluding hydrogens is 494 g/mol. The van der Waals surface area contributed by atoms with Crippen molar-refractivity contribution in [1.29, 1.82) is 0 Å². The topological polar surface area (TPSA) is 224 Å². The number of para-hydroxylation sites is 1. The molecule has 0 aliphatic heterocycles. The number of carbonyl (C=O) groups is 5. The molecule has 5 atom stereocenters. The molecule has 1 aromatic carbocycles. The molecule has 196 valence electrons. The van der Waals surface area contributed by atoms with E-state index in [1.165, 1.54) is 6.92 Å². The molecule has 1 aromatic heterocycles. The van der Waals surface area contributed by atoms with Crippen molar-refractivity contribution in [3.8, 4) is 0 Å². The number of fused-ring (bicyclic) bond motifs is 1. The summed E-state index contributed by atoms with van der Waals surface area (Å²) in [5, 5.41) is 36.1. The first kappa shape index (κ1) is 28.6. The number of nitrogens with one attached hydrogen (secondary N) is 4. The Balaban J connectivity index is 2.09. The van der Waals surface area contributed by atoms with Crippen molar-refractivity contribution in [3.05, 3.63) is 36.0 Å². The number of aliphatic hydroxyl groups excluding tert-OH is 1. The van der Waals surface area contributed by atoms with Gasteiger partial charge in [0.05, 0.1) is 18.6 Å². The minimum absolute atomic E-state index is 0.0671. The second kappa shape index (κ2) is 12.9. The van der Waals surface area contributed by atoms with Gasteiger partial charge in [-0.1, -0.05) is 18.2 Å². The number of benzene rings is 1. The van der Waals surface area contributed by atoms with Crippen LogP contribution in [-0.2, 0) is 30.4 Å². The maximum atomic E-state index is 12.8. The van der Waals surface area contributed by atoms with Gasteiger partial charge in [0.25, 0.3) is 0 Å². The number of carboxylic acids is 2. The van der Waals surface area contributed by atoms with Gasteiger partial charge in [0.2, 0.25) is 17.7 Å². The number of carbonyl (C=O) groups excluding carboxylic acids is 3. The molecule has 0 aliphatic rings. The standard InChI is InChI=1S/C22H29N5O8S/c1-10(28)18(27-20(32)16(9-36)26-19(31)13(23)7-17(29)30)21(33)25-15(22(34)35)6-11-8-24-14-5-3-2-4-12(11)14/h2-5,8,10,13,15-16,18,24,28,36H,6-7,9,23H2,1H3,(H,25,33)(H,26,31)(H,27,32)(H,29,30)(H,34,35). The van der Waals surface area contributed by atoms with E-state index in [1.54, 1.807) is 18.3 Å². The summed E-state index contributed by atoms with van der Waals surface area (Å²) in [5.41, 5.74) is 6.92. The lowest BCUT2D eigenvalue weighted by molar-refractivity contribution is -0.143. The van der Waals surface area contributed by atoms with Crippen LogP contribution in [0.1, 0.15) is 18.9 Å². The highest BCUT2D eigenvalue weighted by atomic mass is 32.1. The van der Waals surface area contributed by atoms with Crippen LogP contribution in [0.3, 0.4) is 0 Å². The minimum Gasteiger partial charge on any atom is -0.481 e. The molecular formula is C22H29N5O8S. The molecule has 3 amide bonds. The van der Waals surface area contributed by atoms with Crippen LogP contribution in [0, 0.1) is 0 Å². The van der Waals surface area contributed by atoms with Crippen LogP contribution in [-0.4, -0.2) is 86.0 Å². The fourth-order valence-electron chi connectivity index (χ4n) is 3.39. The van der Waals surface area contributed by atoms with Crippen LogP contribution in [0.15, 0.2) is 30.5 Å². The summed E-state index contributed by atoms with van der Waals surface area (Å²) >= 11 is 3.98. The van der Waals surface area contributed by atoms with Gasteiger partial charge in [-0.25, -0.2) is 4.79 Å². The number of aromatic amines is 1. The summed E-state index contributed by atoms with van der Waals surface area (Å²) < 4.78 is 0. The van der Waals surface area contributed by atoms with Crippen LogP contribution in [0.2, 0.25) is 0 Å². The molecule has 14 heteroatoms. The average Bonchev–Trinajstić information content (AvgIpc) is 3.22. The zero-order valence-corrected chi connectivity index (χ0v) is 20.2. The van der Waals surface area contributed by atoms with Gasteiger partial charge in [0.1, 0.15) is 18.1 Å². The van der Waals surface area contributed by atoms with E-state index < -0.39 is 66.4 Å². The number of amides is 3. The van der Waals surface area contributed by atoms with Crippen LogP contribution in [0.25, 0.3) is 10.9 Å². The fraction of sp³-hybridized carbons (Fsp3) is 0.409. The summed E-state index contributed by atoms with van der Waals surface area (Å²) in [6.45, 7) is 1.22. The predicted octanol–water partition coefficient (Wildman–Crippen LogP) is -1.64. The number of thiol groups is 1. The first-order valence-electron chi connectivity index (χ1n) is 10.9. The zero-order chi connectivity index (χ0) is 27.0. The predicted molar refractivity (Wildman–Crippen MR) is 131 cm³/mol. The lowest BCUT2D eigenvalue weighted by Crippen LogP contribution is -2.60. The third-order valence-electron chi connectivity index (χ3n) is 5.32. The third kappa shape index (κ3) is 7.69. The number of hydrogen-bond donors (Lipinski definition) is 9. The highest BCUT2D eigenvalue weighted by Gasteiger charge is 2.32. The molecule has 0 saturated heterocycles. The Morgan fingerprint density at radius 3 is 2.22 bits per heavy atom. The van der Waals surface area contributed by atoms with Crippen LogP contribution >= 0.6 is 12.6 Å². The monoisotopic (exact) mass is 523 g/mol.